The number of benzene rings is 2. The lowest BCUT2D eigenvalue weighted by atomic mass is 9.76. The number of amides is 2. The van der Waals surface area contributed by atoms with Gasteiger partial charge >= 0.3 is 0 Å². The monoisotopic (exact) mass is 628 g/mol. The van der Waals surface area contributed by atoms with Crippen LogP contribution in [0.3, 0.4) is 0 Å². The first-order valence-electron chi connectivity index (χ1n) is 15.9. The van der Waals surface area contributed by atoms with Gasteiger partial charge in [-0.25, -0.2) is 12.8 Å². The van der Waals surface area contributed by atoms with Crippen molar-refractivity contribution < 1.29 is 27.1 Å². The Hall–Kier alpha value is -2.94. The lowest BCUT2D eigenvalue weighted by molar-refractivity contribution is -0.126. The number of carbonyl (C=O) groups is 2. The highest BCUT2D eigenvalue weighted by Gasteiger charge is 2.35. The van der Waals surface area contributed by atoms with Crippen LogP contribution >= 0.6 is 0 Å². The summed E-state index contributed by atoms with van der Waals surface area (Å²) in [7, 11) is -3.75. The molecule has 2 aromatic carbocycles. The Bertz CT molecular complexity index is 1480. The van der Waals surface area contributed by atoms with Crippen molar-refractivity contribution in [3.05, 3.63) is 53.3 Å². The van der Waals surface area contributed by atoms with E-state index in [1.165, 1.54) is 6.07 Å². The van der Waals surface area contributed by atoms with E-state index in [2.05, 4.69) is 30.8 Å². The van der Waals surface area contributed by atoms with E-state index in [0.717, 1.165) is 56.8 Å². The number of hydrogen-bond acceptors (Lipinski definition) is 5. The van der Waals surface area contributed by atoms with E-state index in [-0.39, 0.29) is 41.1 Å². The molecule has 0 radical (unpaired) electrons. The Labute approximate surface area is 262 Å². The minimum absolute atomic E-state index is 0.0146. The van der Waals surface area contributed by atoms with Gasteiger partial charge in [0, 0.05) is 23.9 Å². The van der Waals surface area contributed by atoms with E-state index < -0.39 is 21.3 Å². The molecule has 2 saturated carbocycles. The van der Waals surface area contributed by atoms with Crippen LogP contribution in [0.15, 0.2) is 36.4 Å². The normalized spacial score (nSPS) is 20.1. The second-order valence-corrected chi connectivity index (χ2v) is 16.0. The summed E-state index contributed by atoms with van der Waals surface area (Å²) in [6, 6.07) is 10.5. The summed E-state index contributed by atoms with van der Waals surface area (Å²) in [5.41, 5.74) is 1.56. The molecule has 9 heteroatoms. The van der Waals surface area contributed by atoms with Crippen LogP contribution in [0, 0.1) is 17.2 Å². The van der Waals surface area contributed by atoms with Crippen molar-refractivity contribution in [2.75, 3.05) is 6.26 Å². The summed E-state index contributed by atoms with van der Waals surface area (Å²) < 4.78 is 47.7. The third-order valence-corrected chi connectivity index (χ3v) is 10.2. The molecule has 242 valence electrons. The molecule has 2 fully saturated rings. The zero-order valence-electron chi connectivity index (χ0n) is 27.3. The van der Waals surface area contributed by atoms with Gasteiger partial charge in [-0.2, -0.15) is 0 Å². The molecule has 0 aliphatic heterocycles. The maximum absolute atomic E-state index is 15.3. The topological polar surface area (TPSA) is 102 Å². The molecular weight excluding hydrogens is 579 g/mol. The van der Waals surface area contributed by atoms with Gasteiger partial charge in [-0.1, -0.05) is 58.7 Å². The second-order valence-electron chi connectivity index (χ2n) is 14.2. The number of sulfonamides is 1. The number of nitrogens with one attached hydrogen (secondary N) is 2. The molecule has 2 amide bonds. The molecule has 44 heavy (non-hydrogen) atoms. The van der Waals surface area contributed by atoms with Crippen molar-refractivity contribution in [3.63, 3.8) is 0 Å². The summed E-state index contributed by atoms with van der Waals surface area (Å²) in [5, 5.41) is 3.23. The molecule has 7 nitrogen and oxygen atoms in total. The zero-order chi connectivity index (χ0) is 32.4. The van der Waals surface area contributed by atoms with E-state index in [1.807, 2.05) is 19.1 Å². The molecule has 2 aromatic rings. The number of rotatable bonds is 12. The average Bonchev–Trinajstić information content (AvgIpc) is 3.34. The van der Waals surface area contributed by atoms with E-state index in [0.29, 0.717) is 28.9 Å². The highest BCUT2D eigenvalue weighted by molar-refractivity contribution is 7.89. The minimum atomic E-state index is -3.75. The van der Waals surface area contributed by atoms with Crippen molar-refractivity contribution in [1.82, 2.24) is 10.0 Å². The van der Waals surface area contributed by atoms with Crippen LogP contribution < -0.4 is 14.8 Å². The van der Waals surface area contributed by atoms with Crippen LogP contribution in [0.5, 0.6) is 5.75 Å². The van der Waals surface area contributed by atoms with Crippen LogP contribution in [0.25, 0.3) is 11.1 Å². The van der Waals surface area contributed by atoms with Gasteiger partial charge < -0.3 is 10.1 Å². The summed E-state index contributed by atoms with van der Waals surface area (Å²) in [4.78, 5) is 26.0. The van der Waals surface area contributed by atoms with Crippen molar-refractivity contribution >= 4 is 21.8 Å². The molecule has 0 spiro atoms. The van der Waals surface area contributed by atoms with Crippen LogP contribution in [0.4, 0.5) is 4.39 Å². The van der Waals surface area contributed by atoms with Gasteiger partial charge in [0.05, 0.1) is 11.7 Å². The molecule has 0 heterocycles. The summed E-state index contributed by atoms with van der Waals surface area (Å²) in [5.74, 6) is -0.234. The molecule has 0 bridgehead atoms. The average molecular weight is 629 g/mol. The Kier molecular flexibility index (Phi) is 10.2. The van der Waals surface area contributed by atoms with Gasteiger partial charge in [0.2, 0.25) is 21.8 Å². The molecular formula is C35H49FN2O5S. The predicted octanol–water partition coefficient (Wildman–Crippen LogP) is 6.99. The van der Waals surface area contributed by atoms with Crippen LogP contribution in [-0.2, 0) is 25.0 Å². The van der Waals surface area contributed by atoms with E-state index >= 15 is 4.39 Å². The molecule has 2 N–H and O–H groups in total. The first kappa shape index (κ1) is 33.9. The van der Waals surface area contributed by atoms with Crippen LogP contribution in [0.1, 0.15) is 110 Å². The first-order chi connectivity index (χ1) is 20.5. The SMILES string of the molecule is CCC(C)(C)C[C@H](C)C(=O)N[C@@H]1CC[C@@H](Oc2ccc(C(C)(C)C(=O)NS(C)(=O)=O)cc2-c2cccc(F)c2C2CCC2)C1. The summed E-state index contributed by atoms with van der Waals surface area (Å²) >= 11 is 0. The third kappa shape index (κ3) is 8.01. The van der Waals surface area contributed by atoms with E-state index in [4.69, 9.17) is 4.74 Å². The predicted molar refractivity (Wildman–Crippen MR) is 172 cm³/mol. The number of ether oxygens (including phenoxy) is 1. The maximum Gasteiger partial charge on any atom is 0.243 e. The smallest absolute Gasteiger partial charge is 0.243 e. The number of halogens is 1. The molecule has 0 unspecified atom stereocenters. The Balaban J connectivity index is 1.61. The van der Waals surface area contributed by atoms with Gasteiger partial charge in [-0.15, -0.1) is 0 Å². The maximum atomic E-state index is 15.3. The van der Waals surface area contributed by atoms with Crippen molar-refractivity contribution in [1.29, 1.82) is 0 Å². The van der Waals surface area contributed by atoms with Gasteiger partial charge in [0.25, 0.3) is 0 Å². The molecule has 4 rings (SSSR count). The first-order valence-corrected chi connectivity index (χ1v) is 17.8. The highest BCUT2D eigenvalue weighted by atomic mass is 32.2. The molecule has 3 atom stereocenters. The van der Waals surface area contributed by atoms with Crippen LogP contribution in [-0.4, -0.2) is 38.6 Å². The molecule has 0 saturated heterocycles. The largest absolute Gasteiger partial charge is 0.490 e. The van der Waals surface area contributed by atoms with Crippen molar-refractivity contribution in [2.45, 2.75) is 116 Å². The quantitative estimate of drug-likeness (QED) is 0.264. The number of carbonyl (C=O) groups excluding carboxylic acids is 2. The molecule has 2 aliphatic rings. The summed E-state index contributed by atoms with van der Waals surface area (Å²) in [6.07, 6.45) is 7.74. The third-order valence-electron chi connectivity index (χ3n) is 9.69. The fourth-order valence-electron chi connectivity index (χ4n) is 6.31. The van der Waals surface area contributed by atoms with Gasteiger partial charge in [-0.05, 0) is 92.2 Å². The standard InChI is InChI=1S/C35H49FN2O5S/c1-8-34(3,4)21-22(2)32(39)37-25-16-17-26(20-25)43-30-18-15-24(35(5,6)33(40)38-44(7,41)42)19-28(30)27-13-10-14-29(36)31(27)23-11-9-12-23/h10,13-15,18-19,22-23,25-26H,8-9,11-12,16-17,20-21H2,1-7H3,(H,37,39)(H,38,40)/t22-,25+,26+/m0/s1. The van der Waals surface area contributed by atoms with Gasteiger partial charge in [0.1, 0.15) is 17.7 Å². The summed E-state index contributed by atoms with van der Waals surface area (Å²) in [6.45, 7) is 11.8. The van der Waals surface area contributed by atoms with E-state index in [9.17, 15) is 18.0 Å². The Morgan fingerprint density at radius 1 is 1.05 bits per heavy atom. The zero-order valence-corrected chi connectivity index (χ0v) is 28.1. The fraction of sp³-hybridized carbons (Fsp3) is 0.600. The Morgan fingerprint density at radius 3 is 2.36 bits per heavy atom. The Morgan fingerprint density at radius 2 is 1.75 bits per heavy atom. The lowest BCUT2D eigenvalue weighted by Crippen LogP contribution is -2.42. The van der Waals surface area contributed by atoms with Gasteiger partial charge in [-0.3, -0.25) is 14.3 Å². The van der Waals surface area contributed by atoms with Gasteiger partial charge in [0.15, 0.2) is 0 Å². The second kappa shape index (κ2) is 13.2. The fourth-order valence-corrected chi connectivity index (χ4v) is 6.90. The molecule has 0 aromatic heterocycles. The van der Waals surface area contributed by atoms with Crippen molar-refractivity contribution in [2.24, 2.45) is 11.3 Å². The number of hydrogen-bond donors (Lipinski definition) is 2. The van der Waals surface area contributed by atoms with Crippen LogP contribution in [0.2, 0.25) is 0 Å². The van der Waals surface area contributed by atoms with Crippen molar-refractivity contribution in [3.8, 4) is 16.9 Å². The van der Waals surface area contributed by atoms with E-state index in [1.54, 1.807) is 32.0 Å². The lowest BCUT2D eigenvalue weighted by Gasteiger charge is -2.30. The minimum Gasteiger partial charge on any atom is -0.490 e. The molecule has 2 aliphatic carbocycles. The highest BCUT2D eigenvalue weighted by Crippen LogP contribution is 2.46.